The van der Waals surface area contributed by atoms with Gasteiger partial charge in [0.25, 0.3) is 5.95 Å². The van der Waals surface area contributed by atoms with Crippen molar-refractivity contribution in [3.63, 3.8) is 0 Å². The molecule has 3 aromatic heterocycles. The minimum absolute atomic E-state index is 0.108. The first kappa shape index (κ1) is 17.2. The van der Waals surface area contributed by atoms with Gasteiger partial charge in [-0.1, -0.05) is 23.4 Å². The summed E-state index contributed by atoms with van der Waals surface area (Å²) in [5.41, 5.74) is 1.74. The van der Waals surface area contributed by atoms with Gasteiger partial charge >= 0.3 is 0 Å². The van der Waals surface area contributed by atoms with E-state index >= 15 is 0 Å². The Morgan fingerprint density at radius 2 is 2.16 bits per heavy atom. The predicted molar refractivity (Wildman–Crippen MR) is 95.4 cm³/mol. The fourth-order valence-corrected chi connectivity index (χ4v) is 2.87. The molecule has 0 radical (unpaired) electrons. The largest absolute Gasteiger partial charge is 0.334 e. The first-order valence-corrected chi connectivity index (χ1v) is 8.58. The Labute approximate surface area is 152 Å². The summed E-state index contributed by atoms with van der Waals surface area (Å²) in [6.07, 6.45) is 1.46. The zero-order valence-electron chi connectivity index (χ0n) is 13.5. The first-order valence-electron chi connectivity index (χ1n) is 7.22. The molecule has 3 heterocycles. The van der Waals surface area contributed by atoms with Crippen molar-refractivity contribution in [2.24, 2.45) is 0 Å². The van der Waals surface area contributed by atoms with E-state index in [0.29, 0.717) is 21.9 Å². The number of hydrogen-bond acceptors (Lipinski definition) is 7. The van der Waals surface area contributed by atoms with Crippen LogP contribution in [0.3, 0.4) is 0 Å². The molecule has 9 nitrogen and oxygen atoms in total. The standard InChI is InChI=1S/C14H15ClN8OS/c1-8-5-9(2)23(21-8)13-19-20-14(22(13)16)25-7-12(24)18-11-4-3-10(15)6-17-11/h3-6H,7,16H2,1-2H3,(H,17,18,24). The third kappa shape index (κ3) is 3.91. The van der Waals surface area contributed by atoms with E-state index in [2.05, 4.69) is 25.6 Å². The molecule has 3 aromatic rings. The lowest BCUT2D eigenvalue weighted by molar-refractivity contribution is -0.113. The monoisotopic (exact) mass is 378 g/mol. The van der Waals surface area contributed by atoms with Crippen LogP contribution in [0, 0.1) is 13.8 Å². The van der Waals surface area contributed by atoms with Crippen LogP contribution in [0.5, 0.6) is 0 Å². The molecule has 0 saturated carbocycles. The molecule has 1 amide bonds. The lowest BCUT2D eigenvalue weighted by Gasteiger charge is -2.05. The van der Waals surface area contributed by atoms with Crippen LogP contribution in [0.25, 0.3) is 5.95 Å². The van der Waals surface area contributed by atoms with Crippen molar-refractivity contribution in [3.05, 3.63) is 40.8 Å². The molecule has 0 unspecified atom stereocenters. The van der Waals surface area contributed by atoms with E-state index in [1.165, 1.54) is 10.9 Å². The number of anilines is 1. The lowest BCUT2D eigenvalue weighted by atomic mass is 10.4. The Morgan fingerprint density at radius 3 is 2.80 bits per heavy atom. The highest BCUT2D eigenvalue weighted by atomic mass is 35.5. The molecule has 0 atom stereocenters. The van der Waals surface area contributed by atoms with Crippen LogP contribution in [-0.4, -0.2) is 41.3 Å². The number of aryl methyl sites for hydroxylation is 2. The summed E-state index contributed by atoms with van der Waals surface area (Å²) in [7, 11) is 0. The molecule has 130 valence electrons. The van der Waals surface area contributed by atoms with Crippen LogP contribution in [0.4, 0.5) is 5.82 Å². The highest BCUT2D eigenvalue weighted by Gasteiger charge is 2.16. The molecular weight excluding hydrogens is 364 g/mol. The molecule has 0 aromatic carbocycles. The molecule has 3 rings (SSSR count). The maximum Gasteiger partial charge on any atom is 0.271 e. The summed E-state index contributed by atoms with van der Waals surface area (Å²) in [6, 6.07) is 5.18. The number of carbonyl (C=O) groups is 1. The second kappa shape index (κ2) is 7.11. The van der Waals surface area contributed by atoms with E-state index in [1.807, 2.05) is 19.9 Å². The molecule has 0 aliphatic carbocycles. The van der Waals surface area contributed by atoms with Gasteiger partial charge in [-0.25, -0.2) is 14.3 Å². The van der Waals surface area contributed by atoms with Crippen molar-refractivity contribution >= 4 is 35.1 Å². The molecule has 0 fully saturated rings. The average molecular weight is 379 g/mol. The molecule has 0 aliphatic heterocycles. The maximum atomic E-state index is 12.0. The van der Waals surface area contributed by atoms with Gasteiger partial charge in [0.05, 0.1) is 16.5 Å². The van der Waals surface area contributed by atoms with Crippen molar-refractivity contribution in [2.75, 3.05) is 16.9 Å². The molecular formula is C14H15ClN8OS. The molecule has 0 aliphatic rings. The van der Waals surface area contributed by atoms with Gasteiger partial charge in [0.1, 0.15) is 5.82 Å². The topological polar surface area (TPSA) is 117 Å². The maximum absolute atomic E-state index is 12.0. The smallest absolute Gasteiger partial charge is 0.271 e. The number of nitrogens with one attached hydrogen (secondary N) is 1. The Hall–Kier alpha value is -2.59. The van der Waals surface area contributed by atoms with Gasteiger partial charge in [-0.05, 0) is 32.0 Å². The second-order valence-electron chi connectivity index (χ2n) is 5.19. The Balaban J connectivity index is 1.65. The van der Waals surface area contributed by atoms with Crippen molar-refractivity contribution in [2.45, 2.75) is 19.0 Å². The van der Waals surface area contributed by atoms with Crippen LogP contribution in [-0.2, 0) is 4.79 Å². The minimum atomic E-state index is -0.240. The van der Waals surface area contributed by atoms with Gasteiger partial charge in [-0.2, -0.15) is 5.10 Å². The van der Waals surface area contributed by atoms with Gasteiger partial charge in [0.2, 0.25) is 11.1 Å². The summed E-state index contributed by atoms with van der Waals surface area (Å²) in [5, 5.41) is 15.9. The van der Waals surface area contributed by atoms with Crippen LogP contribution in [0.15, 0.2) is 29.6 Å². The van der Waals surface area contributed by atoms with Gasteiger partial charge in [0.15, 0.2) is 0 Å². The van der Waals surface area contributed by atoms with E-state index in [-0.39, 0.29) is 11.7 Å². The van der Waals surface area contributed by atoms with Gasteiger partial charge < -0.3 is 11.2 Å². The lowest BCUT2D eigenvalue weighted by Crippen LogP contribution is -2.19. The van der Waals surface area contributed by atoms with Gasteiger partial charge in [0, 0.05) is 11.9 Å². The van der Waals surface area contributed by atoms with Crippen molar-refractivity contribution in [1.29, 1.82) is 0 Å². The number of aromatic nitrogens is 6. The Kier molecular flexibility index (Phi) is 4.91. The number of rotatable bonds is 5. The molecule has 11 heteroatoms. The fraction of sp³-hybridized carbons (Fsp3) is 0.214. The normalized spacial score (nSPS) is 10.8. The minimum Gasteiger partial charge on any atom is -0.334 e. The number of amides is 1. The number of thioether (sulfide) groups is 1. The molecule has 0 bridgehead atoms. The number of hydrogen-bond donors (Lipinski definition) is 2. The number of carbonyl (C=O) groups excluding carboxylic acids is 1. The summed E-state index contributed by atoms with van der Waals surface area (Å²) in [5.74, 6) is 6.69. The summed E-state index contributed by atoms with van der Waals surface area (Å²) in [4.78, 5) is 16.0. The van der Waals surface area contributed by atoms with E-state index in [4.69, 9.17) is 17.4 Å². The van der Waals surface area contributed by atoms with E-state index in [0.717, 1.165) is 23.1 Å². The van der Waals surface area contributed by atoms with Crippen LogP contribution in [0.1, 0.15) is 11.4 Å². The van der Waals surface area contributed by atoms with Crippen LogP contribution >= 0.6 is 23.4 Å². The van der Waals surface area contributed by atoms with Crippen molar-refractivity contribution in [1.82, 2.24) is 29.6 Å². The number of halogens is 1. The summed E-state index contributed by atoms with van der Waals surface area (Å²) < 4.78 is 2.90. The third-order valence-corrected chi connectivity index (χ3v) is 4.34. The average Bonchev–Trinajstić information content (AvgIpc) is 3.09. The zero-order chi connectivity index (χ0) is 18.0. The first-order chi connectivity index (χ1) is 11.9. The van der Waals surface area contributed by atoms with E-state index in [9.17, 15) is 4.79 Å². The van der Waals surface area contributed by atoms with E-state index < -0.39 is 0 Å². The number of nitrogen functional groups attached to an aromatic ring is 1. The highest BCUT2D eigenvalue weighted by molar-refractivity contribution is 7.99. The predicted octanol–water partition coefficient (Wildman–Crippen LogP) is 1.57. The van der Waals surface area contributed by atoms with Gasteiger partial charge in [-0.3, -0.25) is 4.79 Å². The molecule has 0 saturated heterocycles. The van der Waals surface area contributed by atoms with Crippen LogP contribution < -0.4 is 11.2 Å². The summed E-state index contributed by atoms with van der Waals surface area (Å²) in [6.45, 7) is 3.78. The molecule has 3 N–H and O–H groups in total. The number of nitrogens with zero attached hydrogens (tertiary/aromatic N) is 6. The zero-order valence-corrected chi connectivity index (χ0v) is 15.0. The molecule has 25 heavy (non-hydrogen) atoms. The summed E-state index contributed by atoms with van der Waals surface area (Å²) >= 11 is 6.92. The van der Waals surface area contributed by atoms with Crippen molar-refractivity contribution < 1.29 is 4.79 Å². The van der Waals surface area contributed by atoms with Crippen molar-refractivity contribution in [3.8, 4) is 5.95 Å². The van der Waals surface area contributed by atoms with E-state index in [1.54, 1.807) is 16.8 Å². The van der Waals surface area contributed by atoms with Crippen LogP contribution in [0.2, 0.25) is 5.02 Å². The SMILES string of the molecule is Cc1cc(C)n(-c2nnc(SCC(=O)Nc3ccc(Cl)cn3)n2N)n1. The highest BCUT2D eigenvalue weighted by Crippen LogP contribution is 2.18. The Bertz CT molecular complexity index is 904. The quantitative estimate of drug-likeness (QED) is 0.511. The second-order valence-corrected chi connectivity index (χ2v) is 6.57. The van der Waals surface area contributed by atoms with Gasteiger partial charge in [-0.15, -0.1) is 10.2 Å². The fourth-order valence-electron chi connectivity index (χ4n) is 2.10. The number of nitrogens with two attached hydrogens (primary N) is 1. The third-order valence-electron chi connectivity index (χ3n) is 3.17. The molecule has 0 spiro atoms. The number of pyridine rings is 1. The Morgan fingerprint density at radius 1 is 1.36 bits per heavy atom.